The van der Waals surface area contributed by atoms with E-state index in [-0.39, 0.29) is 12.5 Å². The molecule has 0 aromatic heterocycles. The minimum Gasteiger partial charge on any atom is -0.481 e. The van der Waals surface area contributed by atoms with Crippen molar-refractivity contribution in [3.8, 4) is 12.3 Å². The number of amides is 2. The second-order valence-corrected chi connectivity index (χ2v) is 5.13. The lowest BCUT2D eigenvalue weighted by atomic mass is 10.2. The molecule has 2 amide bonds. The zero-order valence-corrected chi connectivity index (χ0v) is 11.4. The quantitative estimate of drug-likeness (QED) is 0.540. The van der Waals surface area contributed by atoms with Gasteiger partial charge in [0.05, 0.1) is 24.9 Å². The van der Waals surface area contributed by atoms with Gasteiger partial charge in [0.2, 0.25) is 0 Å². The van der Waals surface area contributed by atoms with Crippen molar-refractivity contribution in [2.75, 3.05) is 37.7 Å². The van der Waals surface area contributed by atoms with Gasteiger partial charge in [-0.25, -0.2) is 4.79 Å². The molecule has 19 heavy (non-hydrogen) atoms. The van der Waals surface area contributed by atoms with Gasteiger partial charge in [0.1, 0.15) is 0 Å². The van der Waals surface area contributed by atoms with E-state index in [0.29, 0.717) is 32.0 Å². The van der Waals surface area contributed by atoms with Crippen molar-refractivity contribution >= 4 is 23.8 Å². The number of carbonyl (C=O) groups excluding carboxylic acids is 1. The molecule has 0 aromatic carbocycles. The summed E-state index contributed by atoms with van der Waals surface area (Å²) in [6.45, 7) is 1.72. The Morgan fingerprint density at radius 1 is 1.58 bits per heavy atom. The number of urea groups is 1. The molecule has 0 radical (unpaired) electrons. The van der Waals surface area contributed by atoms with E-state index in [1.807, 2.05) is 0 Å². The lowest BCUT2D eigenvalue weighted by molar-refractivity contribution is -0.141. The number of nitrogens with zero attached hydrogens (tertiary/aromatic N) is 1. The van der Waals surface area contributed by atoms with Crippen molar-refractivity contribution < 1.29 is 19.4 Å². The summed E-state index contributed by atoms with van der Waals surface area (Å²) < 4.78 is 5.30. The molecule has 0 aromatic rings. The maximum Gasteiger partial charge on any atom is 0.317 e. The predicted octanol–water partition coefficient (Wildman–Crippen LogP) is 0.238. The molecule has 0 saturated carbocycles. The molecule has 1 aliphatic rings. The van der Waals surface area contributed by atoms with Crippen LogP contribution in [-0.2, 0) is 9.53 Å². The minimum atomic E-state index is -0.919. The Kier molecular flexibility index (Phi) is 7.15. The summed E-state index contributed by atoms with van der Waals surface area (Å²) >= 11 is 1.58. The number of morpholine rings is 1. The van der Waals surface area contributed by atoms with Crippen LogP contribution >= 0.6 is 11.8 Å². The number of ether oxygens (including phenoxy) is 1. The number of carboxylic acids is 1. The second kappa shape index (κ2) is 8.67. The maximum absolute atomic E-state index is 11.8. The van der Waals surface area contributed by atoms with E-state index >= 15 is 0 Å². The Bertz CT molecular complexity index is 356. The Balaban J connectivity index is 2.24. The molecular formula is C12H18N2O4S. The van der Waals surface area contributed by atoms with Crippen LogP contribution in [0.3, 0.4) is 0 Å². The van der Waals surface area contributed by atoms with Gasteiger partial charge < -0.3 is 20.1 Å². The van der Waals surface area contributed by atoms with Gasteiger partial charge in [0.15, 0.2) is 0 Å². The molecule has 7 heteroatoms. The Hall–Kier alpha value is -1.39. The standard InChI is InChI=1S/C12H18N2O4S/c1-2-6-19-7-3-13-12(17)14-4-5-18-10(9-14)8-11(15)16/h1,10H,3-9H2,(H,13,17)(H,15,16). The Labute approximate surface area is 116 Å². The van der Waals surface area contributed by atoms with Gasteiger partial charge in [0.25, 0.3) is 0 Å². The third-order valence-electron chi connectivity index (χ3n) is 2.54. The molecule has 1 atom stereocenters. The zero-order valence-electron chi connectivity index (χ0n) is 10.6. The van der Waals surface area contributed by atoms with Crippen LogP contribution < -0.4 is 5.32 Å². The van der Waals surface area contributed by atoms with Crippen LogP contribution in [0.4, 0.5) is 4.79 Å². The predicted molar refractivity (Wildman–Crippen MR) is 73.1 cm³/mol. The first-order valence-electron chi connectivity index (χ1n) is 6.01. The molecule has 6 nitrogen and oxygen atoms in total. The van der Waals surface area contributed by atoms with E-state index in [2.05, 4.69) is 11.2 Å². The summed E-state index contributed by atoms with van der Waals surface area (Å²) in [7, 11) is 0. The number of terminal acetylenes is 1. The van der Waals surface area contributed by atoms with E-state index in [9.17, 15) is 9.59 Å². The van der Waals surface area contributed by atoms with E-state index in [1.54, 1.807) is 16.7 Å². The molecule has 1 heterocycles. The smallest absolute Gasteiger partial charge is 0.317 e. The van der Waals surface area contributed by atoms with Crippen LogP contribution in [0.25, 0.3) is 0 Å². The molecule has 0 spiro atoms. The van der Waals surface area contributed by atoms with E-state index < -0.39 is 12.1 Å². The first-order chi connectivity index (χ1) is 9.13. The van der Waals surface area contributed by atoms with Gasteiger partial charge in [-0.1, -0.05) is 5.92 Å². The third-order valence-corrected chi connectivity index (χ3v) is 3.40. The highest BCUT2D eigenvalue weighted by molar-refractivity contribution is 7.99. The number of hydrogen-bond donors (Lipinski definition) is 2. The fourth-order valence-electron chi connectivity index (χ4n) is 1.70. The summed E-state index contributed by atoms with van der Waals surface area (Å²) in [6.07, 6.45) is 4.61. The molecule has 1 unspecified atom stereocenters. The van der Waals surface area contributed by atoms with Gasteiger partial charge in [-0.05, 0) is 0 Å². The zero-order chi connectivity index (χ0) is 14.1. The van der Waals surface area contributed by atoms with Crippen LogP contribution in [0.5, 0.6) is 0 Å². The number of thioether (sulfide) groups is 1. The largest absolute Gasteiger partial charge is 0.481 e. The highest BCUT2D eigenvalue weighted by Crippen LogP contribution is 2.08. The molecule has 1 fully saturated rings. The van der Waals surface area contributed by atoms with Crippen LogP contribution in [0.2, 0.25) is 0 Å². The van der Waals surface area contributed by atoms with Gasteiger partial charge in [0, 0.05) is 25.4 Å². The van der Waals surface area contributed by atoms with Gasteiger partial charge >= 0.3 is 12.0 Å². The van der Waals surface area contributed by atoms with Crippen molar-refractivity contribution in [1.29, 1.82) is 0 Å². The second-order valence-electron chi connectivity index (χ2n) is 4.03. The average Bonchev–Trinajstić information content (AvgIpc) is 2.38. The van der Waals surface area contributed by atoms with Crippen LogP contribution in [0, 0.1) is 12.3 Å². The first kappa shape index (κ1) is 15.7. The van der Waals surface area contributed by atoms with Crippen LogP contribution in [0.15, 0.2) is 0 Å². The molecule has 0 bridgehead atoms. The number of aliphatic carboxylic acids is 1. The van der Waals surface area contributed by atoms with Crippen molar-refractivity contribution in [2.24, 2.45) is 0 Å². The summed E-state index contributed by atoms with van der Waals surface area (Å²) in [5, 5.41) is 11.5. The van der Waals surface area contributed by atoms with Crippen molar-refractivity contribution in [1.82, 2.24) is 10.2 Å². The number of nitrogens with one attached hydrogen (secondary N) is 1. The van der Waals surface area contributed by atoms with E-state index in [4.69, 9.17) is 16.3 Å². The number of rotatable bonds is 6. The molecular weight excluding hydrogens is 268 g/mol. The van der Waals surface area contributed by atoms with Crippen LogP contribution in [-0.4, -0.2) is 65.9 Å². The highest BCUT2D eigenvalue weighted by Gasteiger charge is 2.25. The van der Waals surface area contributed by atoms with Crippen molar-refractivity contribution in [3.63, 3.8) is 0 Å². The Morgan fingerprint density at radius 2 is 2.37 bits per heavy atom. The van der Waals surface area contributed by atoms with Crippen LogP contribution in [0.1, 0.15) is 6.42 Å². The maximum atomic E-state index is 11.8. The van der Waals surface area contributed by atoms with Crippen molar-refractivity contribution in [3.05, 3.63) is 0 Å². The molecule has 1 saturated heterocycles. The normalized spacial score (nSPS) is 18.7. The summed E-state index contributed by atoms with van der Waals surface area (Å²) in [5.74, 6) is 2.99. The van der Waals surface area contributed by atoms with E-state index in [0.717, 1.165) is 5.75 Å². The monoisotopic (exact) mass is 286 g/mol. The number of hydrogen-bond acceptors (Lipinski definition) is 4. The number of carboxylic acid groups (broad SMARTS) is 1. The lowest BCUT2D eigenvalue weighted by Gasteiger charge is -2.32. The third kappa shape index (κ3) is 6.36. The highest BCUT2D eigenvalue weighted by atomic mass is 32.2. The number of carbonyl (C=O) groups is 2. The molecule has 2 N–H and O–H groups in total. The fourth-order valence-corrected chi connectivity index (χ4v) is 2.20. The molecule has 106 valence electrons. The molecule has 0 aliphatic carbocycles. The van der Waals surface area contributed by atoms with Gasteiger partial charge in [-0.2, -0.15) is 0 Å². The van der Waals surface area contributed by atoms with Gasteiger partial charge in [-0.3, -0.25) is 4.79 Å². The summed E-state index contributed by atoms with van der Waals surface area (Å²) in [4.78, 5) is 24.0. The lowest BCUT2D eigenvalue weighted by Crippen LogP contribution is -2.50. The SMILES string of the molecule is C#CCSCCNC(=O)N1CCOC(CC(=O)O)C1. The fraction of sp³-hybridized carbons (Fsp3) is 0.667. The average molecular weight is 286 g/mol. The van der Waals surface area contributed by atoms with Crippen molar-refractivity contribution in [2.45, 2.75) is 12.5 Å². The minimum absolute atomic E-state index is 0.0815. The summed E-state index contributed by atoms with van der Waals surface area (Å²) in [5.41, 5.74) is 0. The summed E-state index contributed by atoms with van der Waals surface area (Å²) in [6, 6.07) is -0.181. The van der Waals surface area contributed by atoms with E-state index in [1.165, 1.54) is 0 Å². The van der Waals surface area contributed by atoms with Gasteiger partial charge in [-0.15, -0.1) is 18.2 Å². The molecule has 1 aliphatic heterocycles. The first-order valence-corrected chi connectivity index (χ1v) is 7.16. The Morgan fingerprint density at radius 3 is 3.05 bits per heavy atom. The topological polar surface area (TPSA) is 78.9 Å². The molecule has 1 rings (SSSR count).